The van der Waals surface area contributed by atoms with E-state index in [4.69, 9.17) is 0 Å². The molecule has 2 aliphatic heterocycles. The molecule has 0 fully saturated rings. The van der Waals surface area contributed by atoms with Crippen LogP contribution in [0.3, 0.4) is 0 Å². The predicted molar refractivity (Wildman–Crippen MR) is 94.2 cm³/mol. The van der Waals surface area contributed by atoms with Crippen molar-refractivity contribution in [2.45, 2.75) is 18.2 Å². The van der Waals surface area contributed by atoms with Gasteiger partial charge in [-0.25, -0.2) is 0 Å². The van der Waals surface area contributed by atoms with Gasteiger partial charge in [-0.05, 0) is 12.2 Å². The van der Waals surface area contributed by atoms with E-state index in [1.807, 2.05) is 24.3 Å². The van der Waals surface area contributed by atoms with Crippen LogP contribution in [0.15, 0.2) is 59.8 Å². The molecule has 2 heterocycles. The van der Waals surface area contributed by atoms with Gasteiger partial charge in [0.05, 0.1) is 10.4 Å². The summed E-state index contributed by atoms with van der Waals surface area (Å²) in [7, 11) is 0. The maximum Gasteiger partial charge on any atom is 0.231 e. The molecule has 0 saturated heterocycles. The number of allylic oxidation sites excluding steroid dienone is 4. The zero-order valence-corrected chi connectivity index (χ0v) is 13.8. The summed E-state index contributed by atoms with van der Waals surface area (Å²) in [5, 5.41) is 0.407. The minimum Gasteiger partial charge on any atom is -0.303 e. The molecule has 1 unspecified atom stereocenters. The molecule has 2 amide bonds. The smallest absolute Gasteiger partial charge is 0.231 e. The lowest BCUT2D eigenvalue weighted by Crippen LogP contribution is -2.32. The molecule has 6 heteroatoms. The normalized spacial score (nSPS) is 20.6. The van der Waals surface area contributed by atoms with Gasteiger partial charge in [0, 0.05) is 25.6 Å². The Morgan fingerprint density at radius 2 is 1.91 bits per heavy atom. The molecule has 0 aliphatic carbocycles. The first-order valence-corrected chi connectivity index (χ1v) is 7.91. The van der Waals surface area contributed by atoms with Crippen LogP contribution in [0.25, 0.3) is 0 Å². The Labute approximate surface area is 141 Å². The standard InChI is InChI=1S/C16H18N2O2S2/c19-13(17-11-5-3-9-15(17)21)7-1-2-8-14(20)18-12-6-4-10-16(18)22/h1-6,9-11,15,21-22H,7-8,12H2/b2-1+. The maximum absolute atomic E-state index is 12.0. The Morgan fingerprint density at radius 3 is 2.59 bits per heavy atom. The van der Waals surface area contributed by atoms with Crippen molar-refractivity contribution >= 4 is 37.1 Å². The zero-order valence-electron chi connectivity index (χ0n) is 12.0. The minimum atomic E-state index is -0.232. The van der Waals surface area contributed by atoms with Gasteiger partial charge >= 0.3 is 0 Å². The highest BCUT2D eigenvalue weighted by atomic mass is 32.1. The highest BCUT2D eigenvalue weighted by molar-refractivity contribution is 7.84. The average Bonchev–Trinajstić information content (AvgIpc) is 2.52. The molecule has 0 spiro atoms. The number of hydrogen-bond donors (Lipinski definition) is 2. The van der Waals surface area contributed by atoms with Crippen molar-refractivity contribution in [3.05, 3.63) is 59.8 Å². The van der Waals surface area contributed by atoms with E-state index in [9.17, 15) is 9.59 Å². The van der Waals surface area contributed by atoms with E-state index in [2.05, 4.69) is 25.3 Å². The van der Waals surface area contributed by atoms with Crippen molar-refractivity contribution in [2.24, 2.45) is 0 Å². The van der Waals surface area contributed by atoms with E-state index >= 15 is 0 Å². The molecule has 116 valence electrons. The third-order valence-electron chi connectivity index (χ3n) is 3.21. The largest absolute Gasteiger partial charge is 0.303 e. The molecule has 22 heavy (non-hydrogen) atoms. The Balaban J connectivity index is 1.78. The monoisotopic (exact) mass is 334 g/mol. The van der Waals surface area contributed by atoms with Crippen LogP contribution in [0.5, 0.6) is 0 Å². The van der Waals surface area contributed by atoms with Gasteiger partial charge in [-0.15, -0.1) is 25.3 Å². The number of hydrogen-bond acceptors (Lipinski definition) is 4. The van der Waals surface area contributed by atoms with Gasteiger partial charge in [-0.1, -0.05) is 36.5 Å². The van der Waals surface area contributed by atoms with Crippen LogP contribution in [0.1, 0.15) is 12.8 Å². The zero-order chi connectivity index (χ0) is 15.9. The summed E-state index contributed by atoms with van der Waals surface area (Å²) < 4.78 is 0. The molecule has 0 aromatic rings. The molecular weight excluding hydrogens is 316 g/mol. The molecule has 0 aromatic heterocycles. The van der Waals surface area contributed by atoms with E-state index in [1.165, 1.54) is 0 Å². The van der Waals surface area contributed by atoms with Crippen LogP contribution < -0.4 is 0 Å². The number of thiol groups is 2. The topological polar surface area (TPSA) is 40.6 Å². The first-order valence-electron chi connectivity index (χ1n) is 6.95. The lowest BCUT2D eigenvalue weighted by Gasteiger charge is -2.24. The van der Waals surface area contributed by atoms with Crippen LogP contribution in [0.4, 0.5) is 0 Å². The second-order valence-electron chi connectivity index (χ2n) is 4.78. The van der Waals surface area contributed by atoms with Gasteiger partial charge in [0.25, 0.3) is 0 Å². The van der Waals surface area contributed by atoms with Gasteiger partial charge in [0.1, 0.15) is 0 Å². The van der Waals surface area contributed by atoms with Crippen molar-refractivity contribution < 1.29 is 9.59 Å². The van der Waals surface area contributed by atoms with E-state index in [0.29, 0.717) is 11.6 Å². The van der Waals surface area contributed by atoms with Crippen molar-refractivity contribution in [3.8, 4) is 0 Å². The fraction of sp³-hybridized carbons (Fsp3) is 0.250. The quantitative estimate of drug-likeness (QED) is 0.613. The molecule has 0 saturated carbocycles. The molecule has 0 aromatic carbocycles. The highest BCUT2D eigenvalue weighted by Gasteiger charge is 2.17. The summed E-state index contributed by atoms with van der Waals surface area (Å²) >= 11 is 8.57. The van der Waals surface area contributed by atoms with E-state index < -0.39 is 0 Å². The van der Waals surface area contributed by atoms with Gasteiger partial charge in [0.2, 0.25) is 11.8 Å². The number of carbonyl (C=O) groups is 2. The number of carbonyl (C=O) groups excluding carboxylic acids is 2. The Bertz CT molecular complexity index is 573. The Morgan fingerprint density at radius 1 is 1.18 bits per heavy atom. The second-order valence-corrected chi connectivity index (χ2v) is 5.77. The number of amides is 2. The predicted octanol–water partition coefficient (Wildman–Crippen LogP) is 2.66. The molecule has 2 rings (SSSR count). The van der Waals surface area contributed by atoms with Crippen molar-refractivity contribution in [1.82, 2.24) is 9.80 Å². The second kappa shape index (κ2) is 8.10. The molecule has 2 aliphatic rings. The summed E-state index contributed by atoms with van der Waals surface area (Å²) in [4.78, 5) is 27.2. The number of nitrogens with zero attached hydrogens (tertiary/aromatic N) is 2. The highest BCUT2D eigenvalue weighted by Crippen LogP contribution is 2.15. The van der Waals surface area contributed by atoms with Gasteiger partial charge in [0.15, 0.2) is 0 Å². The van der Waals surface area contributed by atoms with Crippen molar-refractivity contribution in [1.29, 1.82) is 0 Å². The van der Waals surface area contributed by atoms with Gasteiger partial charge in [-0.3, -0.25) is 9.59 Å². The summed E-state index contributed by atoms with van der Waals surface area (Å²) in [5.74, 6) is -0.0952. The lowest BCUT2D eigenvalue weighted by molar-refractivity contribution is -0.128. The fourth-order valence-electron chi connectivity index (χ4n) is 2.03. The van der Waals surface area contributed by atoms with Crippen LogP contribution in [0.2, 0.25) is 0 Å². The SMILES string of the molecule is O=C(C/C=C/CC(=O)N1C=CC=CC1S)N1CC=CC=C1S. The van der Waals surface area contributed by atoms with Crippen LogP contribution in [-0.2, 0) is 9.59 Å². The summed E-state index contributed by atoms with van der Waals surface area (Å²) in [6.45, 7) is 0.535. The van der Waals surface area contributed by atoms with Crippen molar-refractivity contribution in [3.63, 3.8) is 0 Å². The summed E-state index contributed by atoms with van der Waals surface area (Å²) in [6, 6.07) is 0. The van der Waals surface area contributed by atoms with E-state index in [0.717, 1.165) is 0 Å². The Hall–Kier alpha value is -1.66. The third kappa shape index (κ3) is 4.42. The van der Waals surface area contributed by atoms with E-state index in [-0.39, 0.29) is 30.0 Å². The van der Waals surface area contributed by atoms with Crippen LogP contribution in [-0.4, -0.2) is 33.5 Å². The third-order valence-corrected chi connectivity index (χ3v) is 4.02. The molecule has 0 radical (unpaired) electrons. The first-order chi connectivity index (χ1) is 10.6. The Kier molecular flexibility index (Phi) is 6.15. The fourth-order valence-corrected chi connectivity index (χ4v) is 2.62. The maximum atomic E-state index is 12.0. The molecule has 0 N–H and O–H groups in total. The molecule has 1 atom stereocenters. The summed E-state index contributed by atoms with van der Waals surface area (Å²) in [5.41, 5.74) is 0. The molecule has 4 nitrogen and oxygen atoms in total. The average molecular weight is 334 g/mol. The van der Waals surface area contributed by atoms with Crippen molar-refractivity contribution in [2.75, 3.05) is 6.54 Å². The van der Waals surface area contributed by atoms with Crippen LogP contribution in [0, 0.1) is 0 Å². The molecule has 0 bridgehead atoms. The number of rotatable bonds is 4. The van der Waals surface area contributed by atoms with Gasteiger partial charge in [-0.2, -0.15) is 0 Å². The van der Waals surface area contributed by atoms with Gasteiger partial charge < -0.3 is 9.80 Å². The summed E-state index contributed by atoms with van der Waals surface area (Å²) in [6.07, 6.45) is 16.7. The van der Waals surface area contributed by atoms with Crippen LogP contribution >= 0.6 is 25.3 Å². The van der Waals surface area contributed by atoms with E-state index in [1.54, 1.807) is 40.3 Å². The minimum absolute atomic E-state index is 0.0397. The molecular formula is C16H18N2O2S2. The lowest BCUT2D eigenvalue weighted by atomic mass is 10.2. The first kappa shape index (κ1) is 16.7.